The third-order valence-corrected chi connectivity index (χ3v) is 5.67. The topological polar surface area (TPSA) is 63.9 Å². The Hall–Kier alpha value is -3.09. The fourth-order valence-corrected chi connectivity index (χ4v) is 4.34. The van der Waals surface area contributed by atoms with E-state index >= 15 is 0 Å². The molecule has 3 aromatic rings. The summed E-state index contributed by atoms with van der Waals surface area (Å²) in [5.74, 6) is 0.265. The molecule has 1 amide bonds. The molecule has 1 aromatic carbocycles. The summed E-state index contributed by atoms with van der Waals surface area (Å²) in [6.45, 7) is 10.2. The largest absolute Gasteiger partial charge is 0.312 e. The van der Waals surface area contributed by atoms with E-state index < -0.39 is 0 Å². The summed E-state index contributed by atoms with van der Waals surface area (Å²) >= 11 is 0. The molecule has 0 unspecified atom stereocenters. The molecule has 0 fully saturated rings. The zero-order valence-corrected chi connectivity index (χ0v) is 18.1. The number of benzene rings is 1. The molecule has 7 heteroatoms. The zero-order valence-electron chi connectivity index (χ0n) is 18.1. The minimum absolute atomic E-state index is 0.00208. The maximum atomic E-state index is 13.8. The van der Waals surface area contributed by atoms with Crippen LogP contribution >= 0.6 is 0 Å². The molecule has 0 spiro atoms. The Bertz CT molecular complexity index is 1130. The molecule has 0 aliphatic carbocycles. The van der Waals surface area contributed by atoms with Crippen molar-refractivity contribution in [1.29, 1.82) is 0 Å². The fraction of sp³-hybridized carbons (Fsp3) is 0.391. The van der Waals surface area contributed by atoms with Gasteiger partial charge in [0.1, 0.15) is 5.82 Å². The molecule has 4 rings (SSSR count). The van der Waals surface area contributed by atoms with Crippen LogP contribution in [-0.2, 0) is 17.6 Å². The lowest BCUT2D eigenvalue weighted by Crippen LogP contribution is -2.37. The third-order valence-electron chi connectivity index (χ3n) is 5.67. The standard InChI is InChI=1S/C23H26FN5O/c1-13-9-19(24)11-18-7-6-8-28(22(13)18)21(30)12-20-16(4)27-29(17(20)5)23-25-14(2)10-15(3)26-23/h9-11H,6-8,12H2,1-5H3. The van der Waals surface area contributed by atoms with Crippen LogP contribution in [0.5, 0.6) is 0 Å². The van der Waals surface area contributed by atoms with Gasteiger partial charge in [0.05, 0.1) is 12.1 Å². The molecule has 0 atom stereocenters. The Labute approximate surface area is 175 Å². The van der Waals surface area contributed by atoms with Crippen molar-refractivity contribution in [3.8, 4) is 5.95 Å². The second kappa shape index (κ2) is 7.63. The summed E-state index contributed by atoms with van der Waals surface area (Å²) in [6.07, 6.45) is 1.85. The van der Waals surface area contributed by atoms with E-state index in [1.54, 1.807) is 15.6 Å². The molecule has 0 saturated carbocycles. The summed E-state index contributed by atoms with van der Waals surface area (Å²) in [5.41, 5.74) is 6.83. The highest BCUT2D eigenvalue weighted by atomic mass is 19.1. The Morgan fingerprint density at radius 3 is 2.47 bits per heavy atom. The average Bonchev–Trinajstić information content (AvgIpc) is 2.94. The first-order valence-electron chi connectivity index (χ1n) is 10.2. The molecule has 0 saturated heterocycles. The number of anilines is 1. The summed E-state index contributed by atoms with van der Waals surface area (Å²) in [5, 5.41) is 4.61. The predicted molar refractivity (Wildman–Crippen MR) is 114 cm³/mol. The number of rotatable bonds is 3. The minimum Gasteiger partial charge on any atom is -0.312 e. The van der Waals surface area contributed by atoms with E-state index in [2.05, 4.69) is 15.1 Å². The normalized spacial score (nSPS) is 13.5. The number of carbonyl (C=O) groups is 1. The van der Waals surface area contributed by atoms with Crippen LogP contribution in [0.1, 0.15) is 45.9 Å². The number of hydrogen-bond acceptors (Lipinski definition) is 4. The summed E-state index contributed by atoms with van der Waals surface area (Å²) < 4.78 is 15.5. The smallest absolute Gasteiger partial charge is 0.251 e. The zero-order chi connectivity index (χ0) is 21.6. The van der Waals surface area contributed by atoms with Crippen molar-refractivity contribution in [1.82, 2.24) is 19.7 Å². The Kier molecular flexibility index (Phi) is 5.13. The van der Waals surface area contributed by atoms with Crippen LogP contribution in [0.4, 0.5) is 10.1 Å². The molecule has 1 aliphatic heterocycles. The van der Waals surface area contributed by atoms with E-state index in [1.807, 2.05) is 40.7 Å². The summed E-state index contributed by atoms with van der Waals surface area (Å²) in [6, 6.07) is 4.96. The molecule has 3 heterocycles. The van der Waals surface area contributed by atoms with Crippen molar-refractivity contribution in [2.75, 3.05) is 11.4 Å². The maximum absolute atomic E-state index is 13.8. The van der Waals surface area contributed by atoms with Crippen molar-refractivity contribution in [2.24, 2.45) is 0 Å². The monoisotopic (exact) mass is 407 g/mol. The van der Waals surface area contributed by atoms with E-state index in [-0.39, 0.29) is 18.1 Å². The van der Waals surface area contributed by atoms with Gasteiger partial charge in [-0.2, -0.15) is 5.10 Å². The van der Waals surface area contributed by atoms with Crippen molar-refractivity contribution >= 4 is 11.6 Å². The molecular weight excluding hydrogens is 381 g/mol. The van der Waals surface area contributed by atoms with Crippen LogP contribution in [0, 0.1) is 40.4 Å². The van der Waals surface area contributed by atoms with E-state index in [1.165, 1.54) is 6.07 Å². The van der Waals surface area contributed by atoms with Gasteiger partial charge in [-0.05, 0) is 76.8 Å². The van der Waals surface area contributed by atoms with Gasteiger partial charge in [0.2, 0.25) is 5.91 Å². The van der Waals surface area contributed by atoms with Crippen molar-refractivity contribution in [2.45, 2.75) is 53.9 Å². The average molecular weight is 407 g/mol. The van der Waals surface area contributed by atoms with Crippen molar-refractivity contribution in [3.63, 3.8) is 0 Å². The SMILES string of the molecule is Cc1cc(C)nc(-n2nc(C)c(CC(=O)N3CCCc4cc(F)cc(C)c43)c2C)n1. The number of hydrogen-bond donors (Lipinski definition) is 0. The van der Waals surface area contributed by atoms with Gasteiger partial charge in [-0.3, -0.25) is 4.79 Å². The van der Waals surface area contributed by atoms with Gasteiger partial charge in [-0.15, -0.1) is 0 Å². The van der Waals surface area contributed by atoms with Crippen LogP contribution in [0.2, 0.25) is 0 Å². The van der Waals surface area contributed by atoms with Crippen molar-refractivity contribution < 1.29 is 9.18 Å². The number of aromatic nitrogens is 4. The number of fused-ring (bicyclic) bond motifs is 1. The van der Waals surface area contributed by atoms with Gasteiger partial charge in [-0.1, -0.05) is 0 Å². The van der Waals surface area contributed by atoms with Gasteiger partial charge in [0.15, 0.2) is 0 Å². The summed E-state index contributed by atoms with van der Waals surface area (Å²) in [7, 11) is 0. The van der Waals surface area contributed by atoms with E-state index in [4.69, 9.17) is 0 Å². The lowest BCUT2D eigenvalue weighted by atomic mass is 9.97. The van der Waals surface area contributed by atoms with Gasteiger partial charge in [0, 0.05) is 34.9 Å². The highest BCUT2D eigenvalue weighted by molar-refractivity contribution is 5.97. The first-order valence-corrected chi connectivity index (χ1v) is 10.2. The minimum atomic E-state index is -0.248. The fourth-order valence-electron chi connectivity index (χ4n) is 4.34. The van der Waals surface area contributed by atoms with Gasteiger partial charge >= 0.3 is 0 Å². The molecular formula is C23H26FN5O. The molecule has 0 bridgehead atoms. The van der Waals surface area contributed by atoms with E-state index in [9.17, 15) is 9.18 Å². The number of halogens is 1. The Morgan fingerprint density at radius 1 is 1.07 bits per heavy atom. The van der Waals surface area contributed by atoms with Gasteiger partial charge in [-0.25, -0.2) is 19.0 Å². The third kappa shape index (κ3) is 3.60. The van der Waals surface area contributed by atoms with Crippen LogP contribution in [-0.4, -0.2) is 32.2 Å². The van der Waals surface area contributed by atoms with Crippen LogP contribution in [0.25, 0.3) is 5.95 Å². The van der Waals surface area contributed by atoms with Gasteiger partial charge < -0.3 is 4.90 Å². The first kappa shape index (κ1) is 20.2. The first-order chi connectivity index (χ1) is 14.2. The van der Waals surface area contributed by atoms with Gasteiger partial charge in [0.25, 0.3) is 5.95 Å². The lowest BCUT2D eigenvalue weighted by molar-refractivity contribution is -0.118. The molecule has 6 nitrogen and oxygen atoms in total. The number of nitrogens with zero attached hydrogens (tertiary/aromatic N) is 5. The molecule has 0 radical (unpaired) electrons. The van der Waals surface area contributed by atoms with Crippen LogP contribution in [0.15, 0.2) is 18.2 Å². The second-order valence-electron chi connectivity index (χ2n) is 8.07. The molecule has 0 N–H and O–H groups in total. The Morgan fingerprint density at radius 2 is 1.77 bits per heavy atom. The quantitative estimate of drug-likeness (QED) is 0.661. The summed E-state index contributed by atoms with van der Waals surface area (Å²) in [4.78, 5) is 24.1. The highest BCUT2D eigenvalue weighted by Gasteiger charge is 2.27. The van der Waals surface area contributed by atoms with Crippen LogP contribution < -0.4 is 4.90 Å². The van der Waals surface area contributed by atoms with E-state index in [0.717, 1.165) is 58.0 Å². The molecule has 30 heavy (non-hydrogen) atoms. The molecule has 1 aliphatic rings. The Balaban J connectivity index is 1.67. The van der Waals surface area contributed by atoms with Crippen molar-refractivity contribution in [3.05, 3.63) is 63.5 Å². The second-order valence-corrected chi connectivity index (χ2v) is 8.07. The van der Waals surface area contributed by atoms with Crippen LogP contribution in [0.3, 0.4) is 0 Å². The number of amides is 1. The maximum Gasteiger partial charge on any atom is 0.251 e. The predicted octanol–water partition coefficient (Wildman–Crippen LogP) is 3.87. The molecule has 2 aromatic heterocycles. The van der Waals surface area contributed by atoms with E-state index in [0.29, 0.717) is 12.5 Å². The molecule has 156 valence electrons. The number of carbonyl (C=O) groups excluding carboxylic acids is 1. The highest BCUT2D eigenvalue weighted by Crippen LogP contribution is 2.32. The number of aryl methyl sites for hydroxylation is 5. The lowest BCUT2D eigenvalue weighted by Gasteiger charge is -2.31.